The molecule has 3 aromatic heterocycles. The van der Waals surface area contributed by atoms with Gasteiger partial charge in [0.2, 0.25) is 0 Å². The maximum absolute atomic E-state index is 13.3. The van der Waals surface area contributed by atoms with Crippen LogP contribution in [0.5, 0.6) is 0 Å². The fourth-order valence-electron chi connectivity index (χ4n) is 3.80. The molecule has 0 N–H and O–H groups in total. The Hall–Kier alpha value is -3.33. The number of halogens is 1. The highest BCUT2D eigenvalue weighted by atomic mass is 32.1. The van der Waals surface area contributed by atoms with Gasteiger partial charge in [-0.3, -0.25) is 9.78 Å². The second-order valence-corrected chi connectivity index (χ2v) is 8.47. The molecule has 0 unspecified atom stereocenters. The summed E-state index contributed by atoms with van der Waals surface area (Å²) < 4.78 is 16.1. The fourth-order valence-corrected chi connectivity index (χ4v) is 4.84. The second-order valence-electron chi connectivity index (χ2n) is 7.50. The van der Waals surface area contributed by atoms with E-state index < -0.39 is 0 Å². The van der Waals surface area contributed by atoms with E-state index in [2.05, 4.69) is 15.0 Å². The van der Waals surface area contributed by atoms with E-state index in [-0.39, 0.29) is 11.7 Å². The Morgan fingerprint density at radius 3 is 2.71 bits per heavy atom. The number of fused-ring (bicyclic) bond motifs is 1. The van der Waals surface area contributed by atoms with Gasteiger partial charge < -0.3 is 9.80 Å². The van der Waals surface area contributed by atoms with E-state index in [1.54, 1.807) is 52.7 Å². The minimum Gasteiger partial charge on any atom is -0.346 e. The second kappa shape index (κ2) is 8.07. The van der Waals surface area contributed by atoms with E-state index in [1.807, 2.05) is 11.8 Å². The van der Waals surface area contributed by atoms with Crippen molar-refractivity contribution in [1.29, 1.82) is 0 Å². The van der Waals surface area contributed by atoms with Crippen LogP contribution in [0.4, 0.5) is 9.52 Å². The Morgan fingerprint density at radius 2 is 1.94 bits per heavy atom. The van der Waals surface area contributed by atoms with Crippen LogP contribution in [0.3, 0.4) is 0 Å². The third-order valence-corrected chi connectivity index (χ3v) is 6.62. The molecule has 4 aromatic rings. The molecular formula is C22H21FN6OS. The van der Waals surface area contributed by atoms with Crippen molar-refractivity contribution in [3.8, 4) is 5.69 Å². The topological polar surface area (TPSA) is 67.2 Å². The molecule has 158 valence electrons. The minimum absolute atomic E-state index is 0.0158. The van der Waals surface area contributed by atoms with Gasteiger partial charge in [-0.25, -0.2) is 9.07 Å². The van der Waals surface area contributed by atoms with Crippen LogP contribution in [0.25, 0.3) is 16.0 Å². The normalized spacial score (nSPS) is 14.8. The molecule has 1 amide bonds. The first-order valence-electron chi connectivity index (χ1n) is 10.2. The zero-order valence-electron chi connectivity index (χ0n) is 17.0. The highest BCUT2D eigenvalue weighted by Gasteiger charge is 2.24. The van der Waals surface area contributed by atoms with Crippen LogP contribution in [0.2, 0.25) is 0 Å². The van der Waals surface area contributed by atoms with E-state index >= 15 is 0 Å². The Balaban J connectivity index is 1.38. The van der Waals surface area contributed by atoms with Crippen molar-refractivity contribution < 1.29 is 9.18 Å². The molecule has 1 aromatic carbocycles. The summed E-state index contributed by atoms with van der Waals surface area (Å²) in [6.07, 6.45) is 4.15. The standard InChI is InChI=1S/C22H21FN6OS/c1-15-19-20(29(26-15)18-7-5-17(23)6-8-18)25-22(31-19)28-11-3-10-27(12-13-28)21(30)16-4-2-9-24-14-16/h2,4-9,14H,3,10-13H2,1H3. The molecule has 1 aliphatic rings. The summed E-state index contributed by atoms with van der Waals surface area (Å²) in [5.74, 6) is -0.264. The van der Waals surface area contributed by atoms with Crippen LogP contribution >= 0.6 is 11.3 Å². The number of thiazole rings is 1. The molecule has 7 nitrogen and oxygen atoms in total. The first-order chi connectivity index (χ1) is 15.1. The van der Waals surface area contributed by atoms with E-state index in [9.17, 15) is 9.18 Å². The Labute approximate surface area is 182 Å². The molecule has 1 aliphatic heterocycles. The maximum Gasteiger partial charge on any atom is 0.255 e. The Bertz CT molecular complexity index is 1220. The van der Waals surface area contributed by atoms with Gasteiger partial charge in [0, 0.05) is 38.6 Å². The van der Waals surface area contributed by atoms with Crippen molar-refractivity contribution in [2.75, 3.05) is 31.1 Å². The molecule has 0 aliphatic carbocycles. The molecule has 0 bridgehead atoms. The largest absolute Gasteiger partial charge is 0.346 e. The van der Waals surface area contributed by atoms with Crippen molar-refractivity contribution in [3.05, 3.63) is 65.9 Å². The van der Waals surface area contributed by atoms with E-state index in [1.165, 1.54) is 12.1 Å². The lowest BCUT2D eigenvalue weighted by molar-refractivity contribution is 0.0766. The predicted octanol–water partition coefficient (Wildman–Crippen LogP) is 3.68. The van der Waals surface area contributed by atoms with Crippen molar-refractivity contribution in [3.63, 3.8) is 0 Å². The Kier molecular flexibility index (Phi) is 5.11. The molecule has 0 radical (unpaired) electrons. The number of nitrogens with zero attached hydrogens (tertiary/aromatic N) is 6. The van der Waals surface area contributed by atoms with Gasteiger partial charge in [-0.05, 0) is 49.7 Å². The monoisotopic (exact) mass is 436 g/mol. The summed E-state index contributed by atoms with van der Waals surface area (Å²) in [5.41, 5.74) is 3.06. The number of rotatable bonds is 3. The van der Waals surface area contributed by atoms with Gasteiger partial charge in [0.1, 0.15) is 5.82 Å². The smallest absolute Gasteiger partial charge is 0.255 e. The molecule has 5 rings (SSSR count). The third kappa shape index (κ3) is 3.76. The summed E-state index contributed by atoms with van der Waals surface area (Å²) >= 11 is 1.61. The summed E-state index contributed by atoms with van der Waals surface area (Å²) in [7, 11) is 0. The molecule has 4 heterocycles. The zero-order valence-corrected chi connectivity index (χ0v) is 17.8. The van der Waals surface area contributed by atoms with Crippen LogP contribution in [0, 0.1) is 12.7 Å². The highest BCUT2D eigenvalue weighted by molar-refractivity contribution is 7.22. The number of anilines is 1. The number of hydrogen-bond acceptors (Lipinski definition) is 6. The number of aryl methyl sites for hydroxylation is 1. The number of amides is 1. The zero-order chi connectivity index (χ0) is 21.4. The maximum atomic E-state index is 13.3. The average Bonchev–Trinajstić information content (AvgIpc) is 3.25. The predicted molar refractivity (Wildman–Crippen MR) is 118 cm³/mol. The number of carbonyl (C=O) groups is 1. The summed E-state index contributed by atoms with van der Waals surface area (Å²) in [6.45, 7) is 4.84. The van der Waals surface area contributed by atoms with Gasteiger partial charge in [0.05, 0.1) is 21.6 Å². The molecular weight excluding hydrogens is 415 g/mol. The van der Waals surface area contributed by atoms with E-state index in [4.69, 9.17) is 4.98 Å². The van der Waals surface area contributed by atoms with Crippen LogP contribution in [0.15, 0.2) is 48.8 Å². The van der Waals surface area contributed by atoms with Crippen molar-refractivity contribution in [2.24, 2.45) is 0 Å². The molecule has 1 saturated heterocycles. The summed E-state index contributed by atoms with van der Waals surface area (Å²) in [4.78, 5) is 25.8. The lowest BCUT2D eigenvalue weighted by atomic mass is 10.2. The minimum atomic E-state index is -0.280. The number of hydrogen-bond donors (Lipinski definition) is 0. The van der Waals surface area contributed by atoms with Gasteiger partial charge in [0.25, 0.3) is 5.91 Å². The fraction of sp³-hybridized carbons (Fsp3) is 0.273. The quantitative estimate of drug-likeness (QED) is 0.490. The third-order valence-electron chi connectivity index (χ3n) is 5.41. The van der Waals surface area contributed by atoms with Crippen LogP contribution in [-0.2, 0) is 0 Å². The van der Waals surface area contributed by atoms with Gasteiger partial charge in [0.15, 0.2) is 10.8 Å². The number of pyridine rings is 1. The first-order valence-corrected chi connectivity index (χ1v) is 11.0. The molecule has 0 spiro atoms. The molecule has 1 fully saturated rings. The van der Waals surface area contributed by atoms with Crippen molar-refractivity contribution in [1.82, 2.24) is 24.6 Å². The van der Waals surface area contributed by atoms with E-state index in [0.29, 0.717) is 25.2 Å². The van der Waals surface area contributed by atoms with Crippen LogP contribution in [-0.4, -0.2) is 56.7 Å². The summed E-state index contributed by atoms with van der Waals surface area (Å²) in [6, 6.07) is 9.84. The van der Waals surface area contributed by atoms with Crippen LogP contribution < -0.4 is 4.90 Å². The highest BCUT2D eigenvalue weighted by Crippen LogP contribution is 2.33. The lowest BCUT2D eigenvalue weighted by Crippen LogP contribution is -2.35. The SMILES string of the molecule is Cc1nn(-c2ccc(F)cc2)c2nc(N3CCCN(C(=O)c4cccnc4)CC3)sc12. The molecule has 0 saturated carbocycles. The average molecular weight is 437 g/mol. The molecule has 9 heteroatoms. The van der Waals surface area contributed by atoms with Gasteiger partial charge in [-0.2, -0.15) is 10.1 Å². The first kappa shape index (κ1) is 19.6. The van der Waals surface area contributed by atoms with Crippen molar-refractivity contribution >= 4 is 32.7 Å². The van der Waals surface area contributed by atoms with Crippen molar-refractivity contribution in [2.45, 2.75) is 13.3 Å². The number of aromatic nitrogens is 4. The summed E-state index contributed by atoms with van der Waals surface area (Å²) in [5, 5.41) is 5.51. The number of carbonyl (C=O) groups excluding carboxylic acids is 1. The van der Waals surface area contributed by atoms with Gasteiger partial charge >= 0.3 is 0 Å². The Morgan fingerprint density at radius 1 is 1.10 bits per heavy atom. The van der Waals surface area contributed by atoms with Crippen LogP contribution in [0.1, 0.15) is 22.5 Å². The number of benzene rings is 1. The lowest BCUT2D eigenvalue weighted by Gasteiger charge is -2.21. The van der Waals surface area contributed by atoms with E-state index in [0.717, 1.165) is 39.8 Å². The van der Waals surface area contributed by atoms with Gasteiger partial charge in [-0.15, -0.1) is 0 Å². The van der Waals surface area contributed by atoms with Gasteiger partial charge in [-0.1, -0.05) is 11.3 Å². The molecule has 0 atom stereocenters. The molecule has 31 heavy (non-hydrogen) atoms.